The minimum absolute atomic E-state index is 0. The zero-order valence-corrected chi connectivity index (χ0v) is 22.2. The van der Waals surface area contributed by atoms with Crippen molar-refractivity contribution in [3.8, 4) is 5.75 Å². The van der Waals surface area contributed by atoms with Gasteiger partial charge in [-0.25, -0.2) is 0 Å². The topological polar surface area (TPSA) is 178 Å². The molecule has 0 radical (unpaired) electrons. The summed E-state index contributed by atoms with van der Waals surface area (Å²) < 4.78 is 64.3. The zero-order chi connectivity index (χ0) is 25.2. The van der Waals surface area contributed by atoms with Gasteiger partial charge in [-0.05, 0) is 54.6 Å². The van der Waals surface area contributed by atoms with Gasteiger partial charge in [0.2, 0.25) is 0 Å². The van der Waals surface area contributed by atoms with Gasteiger partial charge in [-0.15, -0.1) is 5.11 Å². The summed E-state index contributed by atoms with van der Waals surface area (Å²) in [5, 5.41) is 26.8. The normalized spacial score (nSPS) is 12.3. The van der Waals surface area contributed by atoms with Crippen molar-refractivity contribution in [2.45, 2.75) is 9.79 Å². The Bertz CT molecular complexity index is 1690. The number of nitrogens with zero attached hydrogens (tertiary/aromatic N) is 4. The fourth-order valence-corrected chi connectivity index (χ4v) is 4.30. The van der Waals surface area contributed by atoms with Crippen LogP contribution in [0, 0.1) is 0 Å². The summed E-state index contributed by atoms with van der Waals surface area (Å²) in [5.41, 5.74) is 1.03. The molecule has 178 valence electrons. The molecule has 4 rings (SSSR count). The van der Waals surface area contributed by atoms with Crippen LogP contribution >= 0.6 is 0 Å². The molecule has 36 heavy (non-hydrogen) atoms. The Morgan fingerprint density at radius 2 is 1.03 bits per heavy atom. The van der Waals surface area contributed by atoms with Crippen molar-refractivity contribution in [2.24, 2.45) is 20.5 Å². The van der Waals surface area contributed by atoms with E-state index in [1.54, 1.807) is 36.4 Å². The monoisotopic (exact) mass is 535 g/mol. The second-order valence-corrected chi connectivity index (χ2v) is 9.96. The summed E-state index contributed by atoms with van der Waals surface area (Å²) in [6.07, 6.45) is 0. The molecular weight excluding hydrogens is 519 g/mol. The molecule has 0 aliphatic heterocycles. The third-order valence-corrected chi connectivity index (χ3v) is 6.54. The molecule has 3 N–H and O–H groups in total. The second-order valence-electron chi connectivity index (χ2n) is 7.15. The van der Waals surface area contributed by atoms with Crippen LogP contribution < -0.4 is 29.6 Å². The third-order valence-electron chi connectivity index (χ3n) is 4.77. The van der Waals surface area contributed by atoms with Gasteiger partial charge in [-0.2, -0.15) is 32.2 Å². The predicted molar refractivity (Wildman–Crippen MR) is 126 cm³/mol. The molecule has 0 spiro atoms. The predicted octanol–water partition coefficient (Wildman–Crippen LogP) is 2.87. The largest absolute Gasteiger partial charge is 1.00 e. The van der Waals surface area contributed by atoms with Crippen molar-refractivity contribution in [1.29, 1.82) is 0 Å². The molecular formula is C22H16N4NaO7S2+. The fraction of sp³-hybridized carbons (Fsp3) is 0. The summed E-state index contributed by atoms with van der Waals surface area (Å²) >= 11 is 0. The Morgan fingerprint density at radius 3 is 1.50 bits per heavy atom. The minimum atomic E-state index is -4.57. The van der Waals surface area contributed by atoms with Crippen molar-refractivity contribution in [2.75, 3.05) is 0 Å². The molecule has 0 heterocycles. The van der Waals surface area contributed by atoms with Crippen LogP contribution in [0.4, 0.5) is 22.7 Å². The summed E-state index contributed by atoms with van der Waals surface area (Å²) in [5.74, 6) is -0.290. The summed E-state index contributed by atoms with van der Waals surface area (Å²) in [6, 6.07) is 18.6. The molecule has 0 aromatic heterocycles. The van der Waals surface area contributed by atoms with Crippen LogP contribution in [0.15, 0.2) is 109 Å². The Kier molecular flexibility index (Phi) is 8.36. The fourth-order valence-electron chi connectivity index (χ4n) is 3.10. The van der Waals surface area contributed by atoms with Crippen LogP contribution in [0.2, 0.25) is 0 Å². The van der Waals surface area contributed by atoms with E-state index in [0.717, 1.165) is 6.07 Å². The number of rotatable bonds is 6. The van der Waals surface area contributed by atoms with Gasteiger partial charge in [0, 0.05) is 10.8 Å². The van der Waals surface area contributed by atoms with E-state index in [2.05, 4.69) is 20.5 Å². The number of hydrogen-bond acceptors (Lipinski definition) is 9. The van der Waals surface area contributed by atoms with Crippen LogP contribution in [0.25, 0.3) is 10.8 Å². The first kappa shape index (κ1) is 27.5. The van der Waals surface area contributed by atoms with E-state index in [4.69, 9.17) is 4.55 Å². The smallest absolute Gasteiger partial charge is 0.505 e. The maximum atomic E-state index is 11.8. The Balaban J connectivity index is 0.00000361. The molecule has 0 unspecified atom stereocenters. The van der Waals surface area contributed by atoms with E-state index in [1.165, 1.54) is 36.4 Å². The first-order chi connectivity index (χ1) is 16.5. The molecule has 0 amide bonds. The van der Waals surface area contributed by atoms with Gasteiger partial charge in [0.25, 0.3) is 20.2 Å². The van der Waals surface area contributed by atoms with Crippen LogP contribution in [-0.4, -0.2) is 31.0 Å². The Morgan fingerprint density at radius 1 is 0.583 bits per heavy atom. The third kappa shape index (κ3) is 6.39. The van der Waals surface area contributed by atoms with Crippen molar-refractivity contribution < 1.29 is 60.6 Å². The molecule has 0 atom stereocenters. The molecule has 0 aliphatic carbocycles. The standard InChI is InChI=1S/C22H16N4O7S2.Na/c27-22-19-4-2-1-3-18(19)21(35(31,32)33)13-20(22)26-25-15-7-5-14(6-8-15)23-24-16-9-11-17(12-10-16)34(28,29)30;/h1-13,27H,(H,28,29,30)(H,31,32,33);/q;+1. The van der Waals surface area contributed by atoms with Gasteiger partial charge in [0.15, 0.2) is 5.75 Å². The molecule has 0 aliphatic rings. The molecule has 0 saturated carbocycles. The number of hydrogen-bond donors (Lipinski definition) is 3. The van der Waals surface area contributed by atoms with Gasteiger partial charge in [0.1, 0.15) is 10.6 Å². The number of benzene rings is 4. The quantitative estimate of drug-likeness (QED) is 0.193. The van der Waals surface area contributed by atoms with Crippen LogP contribution in [0.1, 0.15) is 0 Å². The number of phenolic OH excluding ortho intramolecular Hbond substituents is 1. The van der Waals surface area contributed by atoms with E-state index in [0.29, 0.717) is 17.1 Å². The van der Waals surface area contributed by atoms with E-state index in [1.807, 2.05) is 0 Å². The van der Waals surface area contributed by atoms with Crippen molar-refractivity contribution in [3.63, 3.8) is 0 Å². The van der Waals surface area contributed by atoms with Crippen LogP contribution in [0.3, 0.4) is 0 Å². The number of phenols is 1. The summed E-state index contributed by atoms with van der Waals surface area (Å²) in [4.78, 5) is -0.660. The summed E-state index contributed by atoms with van der Waals surface area (Å²) in [7, 11) is -8.86. The zero-order valence-electron chi connectivity index (χ0n) is 18.6. The van der Waals surface area contributed by atoms with Crippen LogP contribution in [-0.2, 0) is 20.2 Å². The molecule has 14 heteroatoms. The van der Waals surface area contributed by atoms with Gasteiger partial charge >= 0.3 is 29.6 Å². The van der Waals surface area contributed by atoms with Gasteiger partial charge in [-0.1, -0.05) is 24.3 Å². The second kappa shape index (κ2) is 10.9. The minimum Gasteiger partial charge on any atom is -0.505 e. The Labute approximate surface area is 228 Å². The van der Waals surface area contributed by atoms with E-state index < -0.39 is 25.1 Å². The molecule has 0 fully saturated rings. The van der Waals surface area contributed by atoms with Crippen LogP contribution in [0.5, 0.6) is 5.75 Å². The van der Waals surface area contributed by atoms with Crippen molar-refractivity contribution in [3.05, 3.63) is 78.9 Å². The van der Waals surface area contributed by atoms with Gasteiger partial charge < -0.3 is 5.11 Å². The van der Waals surface area contributed by atoms with E-state index in [9.17, 15) is 26.5 Å². The van der Waals surface area contributed by atoms with Gasteiger partial charge in [0.05, 0.1) is 22.0 Å². The number of azo groups is 2. The average Bonchev–Trinajstić information content (AvgIpc) is 2.82. The number of fused-ring (bicyclic) bond motifs is 1. The molecule has 0 bridgehead atoms. The molecule has 0 saturated heterocycles. The van der Waals surface area contributed by atoms with Crippen molar-refractivity contribution >= 4 is 53.8 Å². The molecule has 11 nitrogen and oxygen atoms in total. The Hall–Kier alpha value is -3.04. The van der Waals surface area contributed by atoms with Crippen molar-refractivity contribution in [1.82, 2.24) is 0 Å². The van der Waals surface area contributed by atoms with Gasteiger partial charge in [-0.3, -0.25) is 9.11 Å². The first-order valence-corrected chi connectivity index (χ1v) is 12.6. The van der Waals surface area contributed by atoms with E-state index >= 15 is 0 Å². The molecule has 4 aromatic carbocycles. The average molecular weight is 536 g/mol. The maximum absolute atomic E-state index is 11.8. The summed E-state index contributed by atoms with van der Waals surface area (Å²) in [6.45, 7) is 0. The SMILES string of the molecule is O=S(=O)(O)c1ccc(N=Nc2ccc(N=Nc3cc(S(=O)(=O)O)c4ccccc4c3O)cc2)cc1.[Na+]. The molecule has 4 aromatic rings. The number of aromatic hydroxyl groups is 1. The van der Waals surface area contributed by atoms with E-state index in [-0.39, 0.29) is 56.7 Å². The first-order valence-electron chi connectivity index (χ1n) is 9.76. The maximum Gasteiger partial charge on any atom is 1.00 e.